The van der Waals surface area contributed by atoms with Gasteiger partial charge in [0.2, 0.25) is 5.91 Å². The molecule has 236 valence electrons. The first kappa shape index (κ1) is 30.9. The molecule has 2 aromatic carbocycles. The third kappa shape index (κ3) is 7.07. The number of amides is 3. The molecule has 0 atom stereocenters. The molecule has 1 aliphatic rings. The van der Waals surface area contributed by atoms with Crippen LogP contribution in [0.15, 0.2) is 73.2 Å². The van der Waals surface area contributed by atoms with E-state index in [1.807, 2.05) is 42.5 Å². The molecule has 1 aliphatic heterocycles. The van der Waals surface area contributed by atoms with Crippen molar-refractivity contribution >= 4 is 39.9 Å². The van der Waals surface area contributed by atoms with E-state index in [1.165, 1.54) is 29.3 Å². The van der Waals surface area contributed by atoms with Gasteiger partial charge in [0, 0.05) is 30.6 Å². The average Bonchev–Trinajstić information content (AvgIpc) is 3.71. The fourth-order valence-electron chi connectivity index (χ4n) is 4.98. The van der Waals surface area contributed by atoms with Gasteiger partial charge in [-0.05, 0) is 66.8 Å². The monoisotopic (exact) mass is 636 g/mol. The Balaban J connectivity index is 1.08. The van der Waals surface area contributed by atoms with Crippen molar-refractivity contribution in [3.05, 3.63) is 84.4 Å². The second-order valence-corrected chi connectivity index (χ2v) is 13.1. The van der Waals surface area contributed by atoms with Gasteiger partial charge in [0.05, 0.1) is 34.3 Å². The maximum absolute atomic E-state index is 13.0. The molecule has 1 saturated heterocycles. The number of carbonyl (C=O) groups is 2. The Morgan fingerprint density at radius 2 is 1.76 bits per heavy atom. The van der Waals surface area contributed by atoms with Crippen LogP contribution < -0.4 is 20.3 Å². The predicted molar refractivity (Wildman–Crippen MR) is 180 cm³/mol. The molecule has 11 nitrogen and oxygen atoms in total. The minimum absolute atomic E-state index is 0.133. The summed E-state index contributed by atoms with van der Waals surface area (Å²) >= 11 is 1.50. The molecule has 3 aromatic heterocycles. The molecule has 6 rings (SSSR count). The van der Waals surface area contributed by atoms with Crippen molar-refractivity contribution in [3.8, 4) is 27.9 Å². The molecule has 0 aliphatic carbocycles. The Labute approximate surface area is 271 Å². The number of hydrogen-bond acceptors (Lipinski definition) is 8. The van der Waals surface area contributed by atoms with Crippen LogP contribution in [-0.2, 0) is 16.6 Å². The number of ether oxygens (including phenoxy) is 1. The first-order valence-corrected chi connectivity index (χ1v) is 16.1. The molecule has 0 spiro atoms. The number of nitrogens with one attached hydrogen (secondary N) is 2. The second-order valence-electron chi connectivity index (χ2n) is 12.1. The summed E-state index contributed by atoms with van der Waals surface area (Å²) < 4.78 is 7.58. The van der Waals surface area contributed by atoms with E-state index >= 15 is 0 Å². The number of aromatic nitrogens is 5. The van der Waals surface area contributed by atoms with E-state index in [2.05, 4.69) is 65.4 Å². The van der Waals surface area contributed by atoms with E-state index in [0.29, 0.717) is 23.7 Å². The number of carbonyl (C=O) groups excluding carboxylic acids is 2. The minimum Gasteiger partial charge on any atom is -0.424 e. The maximum atomic E-state index is 13.0. The van der Waals surface area contributed by atoms with Crippen molar-refractivity contribution in [1.82, 2.24) is 24.7 Å². The van der Waals surface area contributed by atoms with Crippen LogP contribution >= 0.6 is 11.3 Å². The highest BCUT2D eigenvalue weighted by Crippen LogP contribution is 2.34. The molecule has 3 amide bonds. The summed E-state index contributed by atoms with van der Waals surface area (Å²) in [6.07, 6.45) is 8.18. The number of anilines is 3. The summed E-state index contributed by atoms with van der Waals surface area (Å²) in [4.78, 5) is 41.0. The summed E-state index contributed by atoms with van der Waals surface area (Å²) in [7, 11) is 0. The molecular formula is C34H36N8O3S. The summed E-state index contributed by atoms with van der Waals surface area (Å²) in [6.45, 7) is 9.06. The largest absolute Gasteiger partial charge is 0.424 e. The zero-order valence-electron chi connectivity index (χ0n) is 26.3. The van der Waals surface area contributed by atoms with Gasteiger partial charge in [-0.25, -0.2) is 24.4 Å². The van der Waals surface area contributed by atoms with Gasteiger partial charge in [-0.3, -0.25) is 15.0 Å². The summed E-state index contributed by atoms with van der Waals surface area (Å²) in [5.74, 6) is 1.25. The molecule has 0 radical (unpaired) electrons. The van der Waals surface area contributed by atoms with E-state index in [4.69, 9.17) is 9.84 Å². The zero-order chi connectivity index (χ0) is 32.3. The first-order chi connectivity index (χ1) is 22.2. The maximum Gasteiger partial charge on any atom is 0.324 e. The van der Waals surface area contributed by atoms with Crippen LogP contribution in [0.25, 0.3) is 16.1 Å². The summed E-state index contributed by atoms with van der Waals surface area (Å²) in [5.41, 5.74) is 4.08. The predicted octanol–water partition coefficient (Wildman–Crippen LogP) is 7.60. The van der Waals surface area contributed by atoms with Crippen LogP contribution in [0, 0.1) is 0 Å². The van der Waals surface area contributed by atoms with Crippen molar-refractivity contribution in [2.45, 2.75) is 58.8 Å². The third-order valence-corrected chi connectivity index (χ3v) is 8.63. The number of rotatable bonds is 8. The molecule has 0 unspecified atom stereocenters. The first-order valence-electron chi connectivity index (χ1n) is 15.3. The number of piperidine rings is 1. The molecule has 5 aromatic rings. The summed E-state index contributed by atoms with van der Waals surface area (Å²) in [5, 5.41) is 11.2. The Kier molecular flexibility index (Phi) is 8.80. The van der Waals surface area contributed by atoms with Crippen LogP contribution in [-0.4, -0.2) is 43.2 Å². The smallest absolute Gasteiger partial charge is 0.324 e. The molecule has 0 saturated carbocycles. The van der Waals surface area contributed by atoms with Crippen molar-refractivity contribution in [3.63, 3.8) is 0 Å². The summed E-state index contributed by atoms with van der Waals surface area (Å²) in [6, 6.07) is 17.2. The fourth-order valence-corrected chi connectivity index (χ4v) is 5.94. The Morgan fingerprint density at radius 1 is 0.978 bits per heavy atom. The second kappa shape index (κ2) is 13.1. The fraction of sp³-hybridized carbons (Fsp3) is 0.294. The van der Waals surface area contributed by atoms with Gasteiger partial charge >= 0.3 is 12.0 Å². The van der Waals surface area contributed by atoms with Crippen molar-refractivity contribution < 1.29 is 14.3 Å². The highest BCUT2D eigenvalue weighted by Gasteiger charge is 2.23. The van der Waals surface area contributed by atoms with Crippen molar-refractivity contribution in [2.75, 3.05) is 22.1 Å². The topological polar surface area (TPSA) is 127 Å². The van der Waals surface area contributed by atoms with E-state index in [1.54, 1.807) is 15.8 Å². The lowest BCUT2D eigenvalue weighted by atomic mass is 9.92. The van der Waals surface area contributed by atoms with E-state index in [-0.39, 0.29) is 17.3 Å². The third-order valence-electron chi connectivity index (χ3n) is 7.56. The van der Waals surface area contributed by atoms with Gasteiger partial charge in [0.15, 0.2) is 5.13 Å². The zero-order valence-corrected chi connectivity index (χ0v) is 27.1. The van der Waals surface area contributed by atoms with E-state index in [0.717, 1.165) is 52.8 Å². The molecule has 2 N–H and O–H groups in total. The van der Waals surface area contributed by atoms with Crippen LogP contribution in [0.3, 0.4) is 0 Å². The Morgan fingerprint density at radius 3 is 2.48 bits per heavy atom. The average molecular weight is 637 g/mol. The van der Waals surface area contributed by atoms with Crippen LogP contribution in [0.2, 0.25) is 0 Å². The van der Waals surface area contributed by atoms with Gasteiger partial charge in [0.25, 0.3) is 0 Å². The lowest BCUT2D eigenvalue weighted by Crippen LogP contribution is -2.34. The number of aryl methyl sites for hydroxylation is 1. The minimum atomic E-state index is -0.447. The SMILES string of the molecule is CCc1cccc(-n2nc(C(C)(C)C)cc2NC(=O)Nc2cnc(Oc3ccc(-c4cnc(N5CCCCC5=O)s4)cc3)nc2)c1. The lowest BCUT2D eigenvalue weighted by molar-refractivity contribution is -0.119. The van der Waals surface area contributed by atoms with Crippen molar-refractivity contribution in [2.24, 2.45) is 0 Å². The lowest BCUT2D eigenvalue weighted by Gasteiger charge is -2.23. The molecule has 46 heavy (non-hydrogen) atoms. The normalized spacial score (nSPS) is 13.5. The highest BCUT2D eigenvalue weighted by molar-refractivity contribution is 7.19. The van der Waals surface area contributed by atoms with Gasteiger partial charge < -0.3 is 10.1 Å². The van der Waals surface area contributed by atoms with Crippen LogP contribution in [0.5, 0.6) is 11.8 Å². The van der Waals surface area contributed by atoms with E-state index in [9.17, 15) is 9.59 Å². The molecule has 1 fully saturated rings. The van der Waals surface area contributed by atoms with Gasteiger partial charge in [-0.1, -0.05) is 51.2 Å². The Hall–Kier alpha value is -5.10. The van der Waals surface area contributed by atoms with Gasteiger partial charge in [-0.2, -0.15) is 5.10 Å². The van der Waals surface area contributed by atoms with Crippen LogP contribution in [0.4, 0.5) is 21.4 Å². The van der Waals surface area contributed by atoms with Crippen LogP contribution in [0.1, 0.15) is 58.2 Å². The molecular weight excluding hydrogens is 600 g/mol. The van der Waals surface area contributed by atoms with Crippen molar-refractivity contribution in [1.29, 1.82) is 0 Å². The number of hydrogen-bond donors (Lipinski definition) is 2. The standard InChI is InChI=1S/C34H36N8O3S/c1-5-22-9-8-10-25(17-22)42-29(18-28(40-42)34(2,3)4)39-31(44)38-24-19-35-32(36-20-24)45-26-14-12-23(13-15-26)27-21-37-33(46-27)41-16-7-6-11-30(41)43/h8-10,12-15,17-21H,5-7,11,16H2,1-4H3,(H2,38,39,44). The van der Waals surface area contributed by atoms with E-state index < -0.39 is 6.03 Å². The number of thiazole rings is 1. The number of nitrogens with zero attached hydrogens (tertiary/aromatic N) is 6. The number of urea groups is 1. The molecule has 4 heterocycles. The van der Waals surface area contributed by atoms with Gasteiger partial charge in [0.1, 0.15) is 11.6 Å². The highest BCUT2D eigenvalue weighted by atomic mass is 32.1. The van der Waals surface area contributed by atoms with Gasteiger partial charge in [-0.15, -0.1) is 0 Å². The Bertz CT molecular complexity index is 1840. The number of benzene rings is 2. The molecule has 12 heteroatoms. The molecule has 0 bridgehead atoms. The quantitative estimate of drug-likeness (QED) is 0.180.